The van der Waals surface area contributed by atoms with E-state index in [1.165, 1.54) is 6.20 Å². The van der Waals surface area contributed by atoms with Gasteiger partial charge in [0.05, 0.1) is 42.7 Å². The van der Waals surface area contributed by atoms with E-state index < -0.39 is 6.29 Å². The molecule has 1 saturated heterocycles. The summed E-state index contributed by atoms with van der Waals surface area (Å²) >= 11 is 1.67. The van der Waals surface area contributed by atoms with Crippen molar-refractivity contribution in [2.24, 2.45) is 0 Å². The third-order valence-corrected chi connectivity index (χ3v) is 8.86. The van der Waals surface area contributed by atoms with Crippen LogP contribution in [0.4, 0.5) is 0 Å². The second-order valence-electron chi connectivity index (χ2n) is 10.9. The van der Waals surface area contributed by atoms with Gasteiger partial charge in [0.1, 0.15) is 5.69 Å². The number of aliphatic hydroxyl groups excluding tert-OH is 2. The molecule has 45 heavy (non-hydrogen) atoms. The maximum absolute atomic E-state index is 12.9. The Hall–Kier alpha value is -4.12. The first kappa shape index (κ1) is 30.9. The van der Waals surface area contributed by atoms with E-state index in [9.17, 15) is 15.0 Å². The molecular weight excluding hydrogens is 586 g/mol. The summed E-state index contributed by atoms with van der Waals surface area (Å²) in [5, 5.41) is 21.7. The molecule has 1 aliphatic rings. The SMILES string of the molecule is O=C(NCc1ccccc1-c1ccc([C@@H]2O[C@H](CSCCO)C[C@H](c3ccc(CO)cc3)O2)cc1)c1cnc2ccccc2n1. The lowest BCUT2D eigenvalue weighted by Gasteiger charge is -2.36. The van der Waals surface area contributed by atoms with Crippen LogP contribution in [0.15, 0.2) is 103 Å². The van der Waals surface area contributed by atoms with Gasteiger partial charge >= 0.3 is 0 Å². The van der Waals surface area contributed by atoms with Crippen molar-refractivity contribution in [1.82, 2.24) is 15.3 Å². The monoisotopic (exact) mass is 621 g/mol. The number of aromatic nitrogens is 2. The number of fused-ring (bicyclic) bond motifs is 1. The van der Waals surface area contributed by atoms with Gasteiger partial charge in [-0.3, -0.25) is 9.78 Å². The molecular formula is C36H35N3O5S. The van der Waals surface area contributed by atoms with Crippen LogP contribution in [0.2, 0.25) is 0 Å². The number of benzene rings is 4. The number of nitrogens with one attached hydrogen (secondary N) is 1. The van der Waals surface area contributed by atoms with Crippen molar-refractivity contribution >= 4 is 28.7 Å². The minimum atomic E-state index is -0.548. The molecule has 0 unspecified atom stereocenters. The van der Waals surface area contributed by atoms with Gasteiger partial charge in [-0.25, -0.2) is 4.98 Å². The molecule has 3 atom stereocenters. The molecule has 5 aromatic rings. The summed E-state index contributed by atoms with van der Waals surface area (Å²) in [5.41, 5.74) is 7.51. The first-order chi connectivity index (χ1) is 22.1. The van der Waals surface area contributed by atoms with E-state index in [1.807, 2.05) is 97.1 Å². The number of thioether (sulfide) groups is 1. The molecule has 0 radical (unpaired) electrons. The summed E-state index contributed by atoms with van der Waals surface area (Å²) < 4.78 is 12.9. The predicted octanol–water partition coefficient (Wildman–Crippen LogP) is 5.99. The summed E-state index contributed by atoms with van der Waals surface area (Å²) in [5.74, 6) is 1.14. The van der Waals surface area contributed by atoms with Gasteiger partial charge in [-0.05, 0) is 39.9 Å². The molecule has 230 valence electrons. The zero-order chi connectivity index (χ0) is 31.0. The molecule has 1 amide bonds. The van der Waals surface area contributed by atoms with Crippen LogP contribution < -0.4 is 5.32 Å². The standard InChI is InChI=1S/C36H35N3O5S/c40-17-18-45-23-29-19-34(26-11-9-24(22-41)10-12-26)44-36(43-29)27-15-13-25(14-16-27)30-6-2-1-5-28(30)20-38-35(42)33-21-37-31-7-3-4-8-32(31)39-33/h1-16,21,29,34,36,40-41H,17-20,22-23H2,(H,38,42)/t29-,34+,36+/m0/s1. The number of aliphatic hydroxyl groups is 2. The topological polar surface area (TPSA) is 114 Å². The number of amides is 1. The highest BCUT2D eigenvalue weighted by Crippen LogP contribution is 2.39. The van der Waals surface area contributed by atoms with E-state index in [1.54, 1.807) is 11.8 Å². The van der Waals surface area contributed by atoms with Crippen molar-refractivity contribution in [3.63, 3.8) is 0 Å². The number of ether oxygens (including phenoxy) is 2. The predicted molar refractivity (Wildman–Crippen MR) is 175 cm³/mol. The first-order valence-corrected chi connectivity index (χ1v) is 16.1. The van der Waals surface area contributed by atoms with Crippen molar-refractivity contribution < 1.29 is 24.5 Å². The van der Waals surface area contributed by atoms with E-state index in [-0.39, 0.29) is 37.0 Å². The fourth-order valence-corrected chi connectivity index (χ4v) is 6.18. The van der Waals surface area contributed by atoms with Crippen LogP contribution in [0.1, 0.15) is 51.6 Å². The molecule has 0 bridgehead atoms. The summed E-state index contributed by atoms with van der Waals surface area (Å²) in [7, 11) is 0. The van der Waals surface area contributed by atoms with Crippen LogP contribution in [0, 0.1) is 0 Å². The summed E-state index contributed by atoms with van der Waals surface area (Å²) in [4.78, 5) is 21.7. The largest absolute Gasteiger partial charge is 0.396 e. The first-order valence-electron chi connectivity index (χ1n) is 15.0. The lowest BCUT2D eigenvalue weighted by molar-refractivity contribution is -0.245. The second-order valence-corrected chi connectivity index (χ2v) is 12.0. The van der Waals surface area contributed by atoms with Gasteiger partial charge in [0.25, 0.3) is 5.91 Å². The summed E-state index contributed by atoms with van der Waals surface area (Å²) in [6.07, 6.45) is 1.46. The third-order valence-electron chi connectivity index (χ3n) is 7.79. The minimum absolute atomic E-state index is 0.00104. The van der Waals surface area contributed by atoms with E-state index in [2.05, 4.69) is 15.3 Å². The Balaban J connectivity index is 1.16. The maximum atomic E-state index is 12.9. The second kappa shape index (κ2) is 14.8. The van der Waals surface area contributed by atoms with E-state index >= 15 is 0 Å². The fraction of sp³-hybridized carbons (Fsp3) is 0.250. The van der Waals surface area contributed by atoms with Crippen molar-refractivity contribution in [2.45, 2.75) is 38.1 Å². The summed E-state index contributed by atoms with van der Waals surface area (Å²) in [6.45, 7) is 0.469. The van der Waals surface area contributed by atoms with Crippen LogP contribution >= 0.6 is 11.8 Å². The molecule has 1 aromatic heterocycles. The molecule has 8 nitrogen and oxygen atoms in total. The van der Waals surface area contributed by atoms with Gasteiger partial charge < -0.3 is 25.0 Å². The smallest absolute Gasteiger partial charge is 0.271 e. The maximum Gasteiger partial charge on any atom is 0.271 e. The average molecular weight is 622 g/mol. The number of hydrogen-bond donors (Lipinski definition) is 3. The molecule has 3 N–H and O–H groups in total. The van der Waals surface area contributed by atoms with E-state index in [4.69, 9.17) is 9.47 Å². The Morgan fingerprint density at radius 1 is 0.867 bits per heavy atom. The molecule has 0 aliphatic carbocycles. The van der Waals surface area contributed by atoms with Crippen molar-refractivity contribution in [2.75, 3.05) is 18.1 Å². The Morgan fingerprint density at radius 2 is 1.60 bits per heavy atom. The normalized spacial score (nSPS) is 18.1. The highest BCUT2D eigenvalue weighted by Gasteiger charge is 2.32. The van der Waals surface area contributed by atoms with Crippen molar-refractivity contribution in [3.05, 3.63) is 131 Å². The molecule has 0 saturated carbocycles. The fourth-order valence-electron chi connectivity index (χ4n) is 5.41. The number of rotatable bonds is 11. The van der Waals surface area contributed by atoms with Crippen LogP contribution in [-0.2, 0) is 22.6 Å². The lowest BCUT2D eigenvalue weighted by atomic mass is 9.97. The minimum Gasteiger partial charge on any atom is -0.396 e. The van der Waals surface area contributed by atoms with Crippen LogP contribution in [0.25, 0.3) is 22.2 Å². The Morgan fingerprint density at radius 3 is 2.38 bits per heavy atom. The number of carbonyl (C=O) groups excluding carboxylic acids is 1. The zero-order valence-electron chi connectivity index (χ0n) is 24.7. The third kappa shape index (κ3) is 7.58. The lowest BCUT2D eigenvalue weighted by Crippen LogP contribution is -2.31. The van der Waals surface area contributed by atoms with Gasteiger partial charge in [0.2, 0.25) is 0 Å². The molecule has 2 heterocycles. The Bertz CT molecular complexity index is 1730. The van der Waals surface area contributed by atoms with Crippen LogP contribution in [0.3, 0.4) is 0 Å². The van der Waals surface area contributed by atoms with E-state index in [0.717, 1.165) is 44.7 Å². The molecule has 0 spiro atoms. The Labute approximate surface area is 266 Å². The molecule has 1 fully saturated rings. The van der Waals surface area contributed by atoms with Gasteiger partial charge in [-0.2, -0.15) is 11.8 Å². The highest BCUT2D eigenvalue weighted by atomic mass is 32.2. The average Bonchev–Trinajstić information content (AvgIpc) is 3.10. The van der Waals surface area contributed by atoms with Crippen LogP contribution in [0.5, 0.6) is 0 Å². The highest BCUT2D eigenvalue weighted by molar-refractivity contribution is 7.99. The van der Waals surface area contributed by atoms with Crippen molar-refractivity contribution in [1.29, 1.82) is 0 Å². The molecule has 4 aromatic carbocycles. The quantitative estimate of drug-likeness (QED) is 0.154. The number of para-hydroxylation sites is 2. The van der Waals surface area contributed by atoms with Gasteiger partial charge in [-0.15, -0.1) is 0 Å². The number of carbonyl (C=O) groups is 1. The van der Waals surface area contributed by atoms with Gasteiger partial charge in [0.15, 0.2) is 6.29 Å². The Kier molecular flexibility index (Phi) is 10.1. The number of nitrogens with zero attached hydrogens (tertiary/aromatic N) is 2. The van der Waals surface area contributed by atoms with Crippen molar-refractivity contribution in [3.8, 4) is 11.1 Å². The molecule has 6 rings (SSSR count). The number of hydrogen-bond acceptors (Lipinski definition) is 8. The van der Waals surface area contributed by atoms with Crippen LogP contribution in [-0.4, -0.2) is 50.3 Å². The molecule has 1 aliphatic heterocycles. The van der Waals surface area contributed by atoms with E-state index in [0.29, 0.717) is 24.2 Å². The molecule has 9 heteroatoms. The zero-order valence-corrected chi connectivity index (χ0v) is 25.5. The van der Waals surface area contributed by atoms with Gasteiger partial charge in [-0.1, -0.05) is 84.9 Å². The summed E-state index contributed by atoms with van der Waals surface area (Å²) in [6, 6.07) is 31.4. The van der Waals surface area contributed by atoms with Gasteiger partial charge in [0, 0.05) is 30.0 Å².